The summed E-state index contributed by atoms with van der Waals surface area (Å²) in [6.07, 6.45) is 2.98. The van der Waals surface area contributed by atoms with Gasteiger partial charge in [-0.05, 0) is 33.6 Å². The summed E-state index contributed by atoms with van der Waals surface area (Å²) < 4.78 is 28.8. The second-order valence-electron chi connectivity index (χ2n) is 5.05. The lowest BCUT2D eigenvalue weighted by Gasteiger charge is -2.25. The Bertz CT molecular complexity index is 644. The molecule has 1 aromatic heterocycles. The van der Waals surface area contributed by atoms with Gasteiger partial charge in [0.05, 0.1) is 11.4 Å². The molecule has 1 saturated heterocycles. The van der Waals surface area contributed by atoms with E-state index in [2.05, 4.69) is 16.9 Å². The van der Waals surface area contributed by atoms with E-state index < -0.39 is 10.0 Å². The topological polar surface area (TPSA) is 55.2 Å². The molecular weight excluding hydrogens is 274 g/mol. The fraction of sp³-hybridized carbons (Fsp3) is 0.643. The van der Waals surface area contributed by atoms with Crippen LogP contribution in [0.3, 0.4) is 0 Å². The Hall–Kier alpha value is -1.32. The summed E-state index contributed by atoms with van der Waals surface area (Å²) in [5.74, 6) is 5.72. The van der Waals surface area contributed by atoms with E-state index in [-0.39, 0.29) is 0 Å². The first kappa shape index (κ1) is 15.1. The van der Waals surface area contributed by atoms with Gasteiger partial charge in [-0.25, -0.2) is 8.42 Å². The van der Waals surface area contributed by atoms with Crippen molar-refractivity contribution >= 4 is 10.0 Å². The van der Waals surface area contributed by atoms with Gasteiger partial charge in [0.25, 0.3) is 0 Å². The first-order chi connectivity index (χ1) is 9.48. The van der Waals surface area contributed by atoms with Crippen LogP contribution in [0.2, 0.25) is 0 Å². The summed E-state index contributed by atoms with van der Waals surface area (Å²) in [7, 11) is -3.43. The Morgan fingerprint density at radius 3 is 2.45 bits per heavy atom. The molecule has 0 bridgehead atoms. The molecule has 0 N–H and O–H groups in total. The molecule has 2 heterocycles. The van der Waals surface area contributed by atoms with Crippen molar-refractivity contribution in [2.75, 3.05) is 13.1 Å². The Balaban J connectivity index is 2.40. The molecule has 0 atom stereocenters. The van der Waals surface area contributed by atoms with Crippen LogP contribution in [0, 0.1) is 25.7 Å². The summed E-state index contributed by atoms with van der Waals surface area (Å²) in [6.45, 7) is 6.96. The molecule has 5 nitrogen and oxygen atoms in total. The summed E-state index contributed by atoms with van der Waals surface area (Å²) in [4.78, 5) is 0.359. The summed E-state index contributed by atoms with van der Waals surface area (Å²) in [6, 6.07) is 0. The molecule has 1 fully saturated rings. The quantitative estimate of drug-likeness (QED) is 0.798. The lowest BCUT2D eigenvalue weighted by Crippen LogP contribution is -2.36. The van der Waals surface area contributed by atoms with E-state index in [1.807, 2.05) is 0 Å². The van der Waals surface area contributed by atoms with Gasteiger partial charge < -0.3 is 0 Å². The van der Waals surface area contributed by atoms with E-state index in [0.717, 1.165) is 19.3 Å². The highest BCUT2D eigenvalue weighted by Crippen LogP contribution is 2.25. The fourth-order valence-electron chi connectivity index (χ4n) is 2.60. The Kier molecular flexibility index (Phi) is 4.51. The Labute approximate surface area is 121 Å². The maximum absolute atomic E-state index is 12.8. The molecular formula is C14H21N3O2S. The van der Waals surface area contributed by atoms with Crippen molar-refractivity contribution in [3.05, 3.63) is 11.4 Å². The lowest BCUT2D eigenvalue weighted by molar-refractivity contribution is 0.346. The van der Waals surface area contributed by atoms with Crippen molar-refractivity contribution in [1.82, 2.24) is 14.1 Å². The van der Waals surface area contributed by atoms with Gasteiger partial charge in [-0.2, -0.15) is 9.40 Å². The van der Waals surface area contributed by atoms with Gasteiger partial charge in [0, 0.05) is 13.1 Å². The highest BCUT2D eigenvalue weighted by atomic mass is 32.2. The minimum atomic E-state index is -3.43. The van der Waals surface area contributed by atoms with Crippen LogP contribution in [0.1, 0.15) is 37.6 Å². The highest BCUT2D eigenvalue weighted by molar-refractivity contribution is 7.89. The minimum absolute atomic E-state index is 0.359. The van der Waals surface area contributed by atoms with Gasteiger partial charge in [0.2, 0.25) is 10.0 Å². The highest BCUT2D eigenvalue weighted by Gasteiger charge is 2.31. The number of aryl methyl sites for hydroxylation is 1. The monoisotopic (exact) mass is 295 g/mol. The number of rotatable bonds is 3. The number of sulfonamides is 1. The second kappa shape index (κ2) is 5.98. The zero-order chi connectivity index (χ0) is 14.8. The predicted octanol–water partition coefficient (Wildman–Crippen LogP) is 1.70. The van der Waals surface area contributed by atoms with Crippen molar-refractivity contribution in [3.63, 3.8) is 0 Å². The van der Waals surface area contributed by atoms with Gasteiger partial charge in [-0.1, -0.05) is 12.3 Å². The van der Waals surface area contributed by atoms with Gasteiger partial charge in [0.1, 0.15) is 11.4 Å². The van der Waals surface area contributed by atoms with Crippen LogP contribution < -0.4 is 0 Å². The average molecular weight is 295 g/mol. The van der Waals surface area contributed by atoms with E-state index in [0.29, 0.717) is 35.9 Å². The van der Waals surface area contributed by atoms with Crippen LogP contribution in [-0.2, 0) is 16.6 Å². The van der Waals surface area contributed by atoms with Crippen molar-refractivity contribution < 1.29 is 8.42 Å². The summed E-state index contributed by atoms with van der Waals surface area (Å²) in [5.41, 5.74) is 1.24. The predicted molar refractivity (Wildman–Crippen MR) is 77.8 cm³/mol. The molecule has 0 aromatic carbocycles. The van der Waals surface area contributed by atoms with Crippen LogP contribution in [0.25, 0.3) is 0 Å². The molecule has 20 heavy (non-hydrogen) atoms. The van der Waals surface area contributed by atoms with E-state index >= 15 is 0 Å². The summed E-state index contributed by atoms with van der Waals surface area (Å²) >= 11 is 0. The molecule has 1 aliphatic heterocycles. The number of hydrogen-bond donors (Lipinski definition) is 0. The molecule has 1 aliphatic rings. The molecule has 0 spiro atoms. The molecule has 0 radical (unpaired) electrons. The minimum Gasteiger partial charge on any atom is -0.256 e. The van der Waals surface area contributed by atoms with Crippen LogP contribution in [0.5, 0.6) is 0 Å². The first-order valence-corrected chi connectivity index (χ1v) is 8.36. The van der Waals surface area contributed by atoms with Crippen LogP contribution in [-0.4, -0.2) is 35.6 Å². The van der Waals surface area contributed by atoms with Crippen molar-refractivity contribution in [2.24, 2.45) is 0 Å². The average Bonchev–Trinajstić information content (AvgIpc) is 2.72. The molecule has 0 amide bonds. The summed E-state index contributed by atoms with van der Waals surface area (Å²) in [5, 5.41) is 4.32. The smallest absolute Gasteiger partial charge is 0.246 e. The number of nitrogens with zero attached hydrogens (tertiary/aromatic N) is 3. The molecule has 110 valence electrons. The number of aromatic nitrogens is 2. The van der Waals surface area contributed by atoms with E-state index in [1.54, 1.807) is 29.8 Å². The third-order valence-corrected chi connectivity index (χ3v) is 5.79. The molecule has 0 unspecified atom stereocenters. The number of piperidine rings is 1. The third kappa shape index (κ3) is 2.74. The first-order valence-electron chi connectivity index (χ1n) is 6.92. The molecule has 2 rings (SSSR count). The van der Waals surface area contributed by atoms with E-state index in [1.165, 1.54) is 0 Å². The third-order valence-electron chi connectivity index (χ3n) is 3.63. The maximum Gasteiger partial charge on any atom is 0.246 e. The standard InChI is InChI=1S/C14H21N3O2S/c1-4-5-11-17-13(3)14(12(2)15-17)20(18,19)16-9-7-6-8-10-16/h6-11H2,1-3H3. The molecule has 0 aliphatic carbocycles. The largest absolute Gasteiger partial charge is 0.256 e. The van der Waals surface area contributed by atoms with Crippen molar-refractivity contribution in [2.45, 2.75) is 51.5 Å². The van der Waals surface area contributed by atoms with Gasteiger partial charge in [0.15, 0.2) is 0 Å². The normalized spacial score (nSPS) is 16.8. The second-order valence-corrected chi connectivity index (χ2v) is 6.92. The van der Waals surface area contributed by atoms with Crippen LogP contribution in [0.15, 0.2) is 4.90 Å². The lowest BCUT2D eigenvalue weighted by atomic mass is 10.2. The SMILES string of the molecule is CC#CCn1nc(C)c(S(=O)(=O)N2CCCCC2)c1C. The van der Waals surface area contributed by atoms with Crippen LogP contribution in [0.4, 0.5) is 0 Å². The zero-order valence-corrected chi connectivity index (χ0v) is 13.1. The Morgan fingerprint density at radius 2 is 1.85 bits per heavy atom. The van der Waals surface area contributed by atoms with Crippen molar-refractivity contribution in [3.8, 4) is 11.8 Å². The van der Waals surface area contributed by atoms with E-state index in [9.17, 15) is 8.42 Å². The van der Waals surface area contributed by atoms with E-state index in [4.69, 9.17) is 0 Å². The van der Waals surface area contributed by atoms with Gasteiger partial charge in [-0.3, -0.25) is 4.68 Å². The molecule has 6 heteroatoms. The zero-order valence-electron chi connectivity index (χ0n) is 12.3. The van der Waals surface area contributed by atoms with Crippen LogP contribution >= 0.6 is 0 Å². The maximum atomic E-state index is 12.8. The number of hydrogen-bond acceptors (Lipinski definition) is 3. The van der Waals surface area contributed by atoms with Gasteiger partial charge >= 0.3 is 0 Å². The van der Waals surface area contributed by atoms with Crippen molar-refractivity contribution in [1.29, 1.82) is 0 Å². The van der Waals surface area contributed by atoms with Gasteiger partial charge in [-0.15, -0.1) is 5.92 Å². The molecule has 0 saturated carbocycles. The molecule has 1 aromatic rings. The fourth-order valence-corrected chi connectivity index (χ4v) is 4.49. The Morgan fingerprint density at radius 1 is 1.20 bits per heavy atom.